The van der Waals surface area contributed by atoms with Crippen molar-refractivity contribution in [2.45, 2.75) is 12.3 Å². The van der Waals surface area contributed by atoms with Crippen LogP contribution in [0.2, 0.25) is 0 Å². The molecule has 0 saturated carbocycles. The third-order valence-corrected chi connectivity index (χ3v) is 2.76. The molecule has 0 fully saturated rings. The molecule has 0 radical (unpaired) electrons. The summed E-state index contributed by atoms with van der Waals surface area (Å²) in [6.07, 6.45) is 0.227. The molecule has 1 nitrogen and oxygen atoms in total. The monoisotopic (exact) mass is 278 g/mol. The zero-order valence-corrected chi connectivity index (χ0v) is 9.74. The first-order valence-corrected chi connectivity index (χ1v) is 5.74. The van der Waals surface area contributed by atoms with E-state index >= 15 is 0 Å². The van der Waals surface area contributed by atoms with E-state index in [4.69, 9.17) is 11.6 Å². The van der Waals surface area contributed by atoms with E-state index in [9.17, 15) is 9.18 Å². The van der Waals surface area contributed by atoms with Gasteiger partial charge in [0.25, 0.3) is 0 Å². The van der Waals surface area contributed by atoms with Gasteiger partial charge in [-0.1, -0.05) is 22.0 Å². The van der Waals surface area contributed by atoms with E-state index in [-0.39, 0.29) is 23.4 Å². The van der Waals surface area contributed by atoms with Crippen LogP contribution in [0.3, 0.4) is 0 Å². The zero-order valence-electron chi connectivity index (χ0n) is 7.40. The molecule has 0 amide bonds. The first-order valence-electron chi connectivity index (χ1n) is 4.08. The Morgan fingerprint density at radius 2 is 2.14 bits per heavy atom. The second-order valence-electron chi connectivity index (χ2n) is 2.90. The van der Waals surface area contributed by atoms with Crippen molar-refractivity contribution in [3.05, 3.63) is 35.1 Å². The van der Waals surface area contributed by atoms with Gasteiger partial charge in [0.2, 0.25) is 0 Å². The maximum Gasteiger partial charge on any atom is 0.147 e. The molecule has 1 aromatic carbocycles. The fourth-order valence-electron chi connectivity index (χ4n) is 1.15. The quantitative estimate of drug-likeness (QED) is 0.774. The van der Waals surface area contributed by atoms with Crippen molar-refractivity contribution >= 4 is 33.3 Å². The van der Waals surface area contributed by atoms with E-state index in [1.165, 1.54) is 12.1 Å². The van der Waals surface area contributed by atoms with Crippen LogP contribution in [0.5, 0.6) is 0 Å². The second-order valence-corrected chi connectivity index (χ2v) is 3.72. The summed E-state index contributed by atoms with van der Waals surface area (Å²) in [6, 6.07) is 4.32. The van der Waals surface area contributed by atoms with Gasteiger partial charge >= 0.3 is 0 Å². The molecule has 4 heteroatoms. The van der Waals surface area contributed by atoms with E-state index < -0.39 is 0 Å². The Morgan fingerprint density at radius 3 is 2.71 bits per heavy atom. The van der Waals surface area contributed by atoms with Crippen molar-refractivity contribution in [2.24, 2.45) is 0 Å². The van der Waals surface area contributed by atoms with Gasteiger partial charge in [-0.2, -0.15) is 0 Å². The van der Waals surface area contributed by atoms with Crippen LogP contribution in [0.4, 0.5) is 4.39 Å². The van der Waals surface area contributed by atoms with Crippen LogP contribution in [0.15, 0.2) is 18.2 Å². The zero-order chi connectivity index (χ0) is 10.6. The van der Waals surface area contributed by atoms with E-state index in [1.807, 2.05) is 0 Å². The van der Waals surface area contributed by atoms with E-state index in [2.05, 4.69) is 15.9 Å². The average molecular weight is 280 g/mol. The van der Waals surface area contributed by atoms with E-state index in [0.29, 0.717) is 11.4 Å². The van der Waals surface area contributed by atoms with Crippen LogP contribution < -0.4 is 0 Å². The molecule has 0 saturated heterocycles. The SMILES string of the molecule is O=C(CBr)Cc1cc(F)ccc1CCl. The Morgan fingerprint density at radius 1 is 1.43 bits per heavy atom. The number of Topliss-reactive ketones (excluding diaryl/α,β-unsaturated/α-hetero) is 1. The van der Waals surface area contributed by atoms with Gasteiger partial charge in [-0.3, -0.25) is 4.79 Å². The maximum absolute atomic E-state index is 12.9. The molecule has 0 N–H and O–H groups in total. The Bertz CT molecular complexity index is 341. The molecule has 0 aliphatic heterocycles. The fourth-order valence-corrected chi connectivity index (χ4v) is 1.61. The lowest BCUT2D eigenvalue weighted by atomic mass is 10.0. The van der Waals surface area contributed by atoms with Gasteiger partial charge in [0, 0.05) is 12.3 Å². The van der Waals surface area contributed by atoms with Crippen molar-refractivity contribution < 1.29 is 9.18 Å². The van der Waals surface area contributed by atoms with Gasteiger partial charge in [-0.25, -0.2) is 4.39 Å². The van der Waals surface area contributed by atoms with Crippen LogP contribution in [0.1, 0.15) is 11.1 Å². The number of halogens is 3. The molecule has 0 aromatic heterocycles. The molecule has 0 aliphatic rings. The number of carbonyl (C=O) groups excluding carboxylic acids is 1. The molecule has 0 unspecified atom stereocenters. The summed E-state index contributed by atoms with van der Waals surface area (Å²) < 4.78 is 12.9. The Labute approximate surface area is 95.4 Å². The minimum Gasteiger partial charge on any atom is -0.298 e. The topological polar surface area (TPSA) is 17.1 Å². The summed E-state index contributed by atoms with van der Waals surface area (Å²) in [4.78, 5) is 11.1. The summed E-state index contributed by atoms with van der Waals surface area (Å²) in [7, 11) is 0. The van der Waals surface area contributed by atoms with Gasteiger partial charge in [0.1, 0.15) is 11.6 Å². The van der Waals surface area contributed by atoms with Crippen molar-refractivity contribution in [3.63, 3.8) is 0 Å². The maximum atomic E-state index is 12.9. The Hall–Kier alpha value is -0.410. The van der Waals surface area contributed by atoms with Gasteiger partial charge in [0.15, 0.2) is 0 Å². The molecule has 0 atom stereocenters. The number of benzene rings is 1. The summed E-state index contributed by atoms with van der Waals surface area (Å²) in [5.41, 5.74) is 1.48. The number of hydrogen-bond acceptors (Lipinski definition) is 1. The minimum absolute atomic E-state index is 0.0157. The van der Waals surface area contributed by atoms with Crippen LogP contribution in [-0.2, 0) is 17.1 Å². The molecule has 0 heterocycles. The predicted octanol–water partition coefficient (Wildman–Crippen LogP) is 3.07. The lowest BCUT2D eigenvalue weighted by Gasteiger charge is -2.05. The summed E-state index contributed by atoms with van der Waals surface area (Å²) in [5, 5.41) is 0.283. The minimum atomic E-state index is -0.337. The summed E-state index contributed by atoms with van der Waals surface area (Å²) in [5.74, 6) is -0.0243. The largest absolute Gasteiger partial charge is 0.298 e. The number of carbonyl (C=O) groups is 1. The summed E-state index contributed by atoms with van der Waals surface area (Å²) in [6.45, 7) is 0. The van der Waals surface area contributed by atoms with E-state index in [1.54, 1.807) is 6.07 Å². The van der Waals surface area contributed by atoms with Crippen LogP contribution in [0.25, 0.3) is 0 Å². The van der Waals surface area contributed by atoms with Crippen LogP contribution in [0, 0.1) is 5.82 Å². The average Bonchev–Trinajstić information content (AvgIpc) is 2.18. The van der Waals surface area contributed by atoms with Crippen molar-refractivity contribution in [1.29, 1.82) is 0 Å². The first kappa shape index (κ1) is 11.7. The third kappa shape index (κ3) is 3.07. The lowest BCUT2D eigenvalue weighted by Crippen LogP contribution is -2.06. The van der Waals surface area contributed by atoms with Crippen molar-refractivity contribution in [3.8, 4) is 0 Å². The Kier molecular flexibility index (Phi) is 4.55. The first-order chi connectivity index (χ1) is 6.67. The summed E-state index contributed by atoms with van der Waals surface area (Å²) >= 11 is 8.73. The molecular weight excluding hydrogens is 270 g/mol. The second kappa shape index (κ2) is 5.47. The highest BCUT2D eigenvalue weighted by atomic mass is 79.9. The molecule has 1 aromatic rings. The molecule has 76 valence electrons. The third-order valence-electron chi connectivity index (χ3n) is 1.85. The molecule has 0 bridgehead atoms. The number of alkyl halides is 2. The van der Waals surface area contributed by atoms with Gasteiger partial charge in [-0.05, 0) is 23.3 Å². The number of ketones is 1. The normalized spacial score (nSPS) is 10.2. The molecular formula is C10H9BrClFO. The van der Waals surface area contributed by atoms with E-state index in [0.717, 1.165) is 5.56 Å². The van der Waals surface area contributed by atoms with Crippen molar-refractivity contribution in [1.82, 2.24) is 0 Å². The number of rotatable bonds is 4. The highest BCUT2D eigenvalue weighted by molar-refractivity contribution is 9.09. The smallest absolute Gasteiger partial charge is 0.147 e. The van der Waals surface area contributed by atoms with Gasteiger partial charge in [-0.15, -0.1) is 11.6 Å². The van der Waals surface area contributed by atoms with Crippen molar-refractivity contribution in [2.75, 3.05) is 5.33 Å². The predicted molar refractivity (Wildman–Crippen MR) is 58.5 cm³/mol. The van der Waals surface area contributed by atoms with Gasteiger partial charge < -0.3 is 0 Å². The van der Waals surface area contributed by atoms with Crippen LogP contribution >= 0.6 is 27.5 Å². The molecule has 0 spiro atoms. The molecule has 0 aliphatic carbocycles. The fraction of sp³-hybridized carbons (Fsp3) is 0.300. The molecule has 1 rings (SSSR count). The van der Waals surface area contributed by atoms with Gasteiger partial charge in [0.05, 0.1) is 5.33 Å². The highest BCUT2D eigenvalue weighted by Gasteiger charge is 2.07. The molecule has 14 heavy (non-hydrogen) atoms. The van der Waals surface area contributed by atoms with Crippen LogP contribution in [-0.4, -0.2) is 11.1 Å². The highest BCUT2D eigenvalue weighted by Crippen LogP contribution is 2.15. The Balaban J connectivity index is 2.93. The standard InChI is InChI=1S/C10H9BrClFO/c11-5-10(14)4-8-3-9(13)2-1-7(8)6-12/h1-3H,4-6H2. The lowest BCUT2D eigenvalue weighted by molar-refractivity contribution is -0.115. The number of hydrogen-bond donors (Lipinski definition) is 0.